The Morgan fingerprint density at radius 3 is 2.13 bits per heavy atom. The molecule has 0 aliphatic heterocycles. The molecule has 0 aliphatic rings. The van der Waals surface area contributed by atoms with Crippen molar-refractivity contribution in [3.8, 4) is 0 Å². The Labute approximate surface area is 90.1 Å². The summed E-state index contributed by atoms with van der Waals surface area (Å²) in [5.41, 5.74) is 5.98. The second-order valence-electron chi connectivity index (χ2n) is 4.19. The van der Waals surface area contributed by atoms with E-state index in [-0.39, 0.29) is 11.4 Å². The quantitative estimate of drug-likeness (QED) is 0.418. The van der Waals surface area contributed by atoms with Crippen LogP contribution in [0.25, 0.3) is 0 Å². The number of aldehydes is 1. The Hall–Kier alpha value is -1.71. The molecule has 0 radical (unpaired) electrons. The van der Waals surface area contributed by atoms with E-state index in [1.54, 1.807) is 0 Å². The molecule has 0 atom stereocenters. The van der Waals surface area contributed by atoms with E-state index in [0.717, 1.165) is 0 Å². The van der Waals surface area contributed by atoms with Gasteiger partial charge in [-0.15, -0.1) is 0 Å². The van der Waals surface area contributed by atoms with Crippen molar-refractivity contribution in [3.05, 3.63) is 23.5 Å². The molecular formula is C11H17N3O. The van der Waals surface area contributed by atoms with Crippen LogP contribution in [0.5, 0.6) is 0 Å². The highest BCUT2D eigenvalue weighted by Crippen LogP contribution is 2.30. The minimum Gasteiger partial charge on any atom is -0.397 e. The Bertz CT molecular complexity index is 345. The maximum Gasteiger partial charge on any atom is 0.168 e. The average Bonchev–Trinajstić information content (AvgIpc) is 2.10. The molecule has 0 saturated carbocycles. The summed E-state index contributed by atoms with van der Waals surface area (Å²) in [6.07, 6.45) is 0.467. The largest absolute Gasteiger partial charge is 0.397 e. The van der Waals surface area contributed by atoms with E-state index in [0.29, 0.717) is 17.6 Å². The highest BCUT2D eigenvalue weighted by molar-refractivity contribution is 6.35. The number of hydrogen-bond acceptors (Lipinski definition) is 4. The highest BCUT2D eigenvalue weighted by atomic mass is 16.1. The van der Waals surface area contributed by atoms with Gasteiger partial charge in [-0.3, -0.25) is 15.2 Å². The molecule has 0 saturated heterocycles. The summed E-state index contributed by atoms with van der Waals surface area (Å²) in [6, 6.07) is 0. The number of nitrogens with zero attached hydrogens (tertiary/aromatic N) is 1. The van der Waals surface area contributed by atoms with E-state index in [9.17, 15) is 4.79 Å². The zero-order chi connectivity index (χ0) is 12.2. The van der Waals surface area contributed by atoms with Crippen molar-refractivity contribution in [1.29, 1.82) is 5.41 Å². The van der Waals surface area contributed by atoms with Crippen molar-refractivity contribution in [2.24, 2.45) is 16.1 Å². The van der Waals surface area contributed by atoms with Gasteiger partial charge in [0.25, 0.3) is 0 Å². The number of rotatable bonds is 4. The van der Waals surface area contributed by atoms with Crippen LogP contribution in [-0.4, -0.2) is 18.7 Å². The molecule has 0 aromatic carbocycles. The van der Waals surface area contributed by atoms with Crippen molar-refractivity contribution in [2.75, 3.05) is 0 Å². The number of nitrogens with one attached hydrogen (secondary N) is 1. The minimum atomic E-state index is -0.406. The monoisotopic (exact) mass is 207 g/mol. The van der Waals surface area contributed by atoms with Gasteiger partial charge < -0.3 is 5.73 Å². The summed E-state index contributed by atoms with van der Waals surface area (Å²) in [6.45, 7) is 12.5. The molecule has 0 fully saturated rings. The fraction of sp³-hybridized carbons (Fsp3) is 0.364. The Balaban J connectivity index is 5.84. The minimum absolute atomic E-state index is 0.142. The Kier molecular flexibility index (Phi) is 4.15. The first kappa shape index (κ1) is 13.3. The lowest BCUT2D eigenvalue weighted by Crippen LogP contribution is -2.22. The van der Waals surface area contributed by atoms with Gasteiger partial charge >= 0.3 is 0 Å². The zero-order valence-corrected chi connectivity index (χ0v) is 9.42. The molecule has 4 heteroatoms. The van der Waals surface area contributed by atoms with Gasteiger partial charge in [-0.25, -0.2) is 0 Å². The molecule has 0 unspecified atom stereocenters. The van der Waals surface area contributed by atoms with Gasteiger partial charge in [0.15, 0.2) is 6.29 Å². The smallest absolute Gasteiger partial charge is 0.168 e. The number of aliphatic imine (C=N–C) groups is 1. The van der Waals surface area contributed by atoms with Crippen molar-refractivity contribution < 1.29 is 4.79 Å². The van der Waals surface area contributed by atoms with Crippen LogP contribution in [0.1, 0.15) is 20.8 Å². The SMILES string of the molecule is C=N/C(C(=C)N)=C(/C(=N)C=O)C(C)(C)C. The summed E-state index contributed by atoms with van der Waals surface area (Å²) in [5, 5.41) is 7.57. The van der Waals surface area contributed by atoms with Crippen molar-refractivity contribution >= 4 is 18.7 Å². The molecule has 0 aromatic heterocycles. The van der Waals surface area contributed by atoms with Crippen molar-refractivity contribution in [2.45, 2.75) is 20.8 Å². The second-order valence-corrected chi connectivity index (χ2v) is 4.19. The van der Waals surface area contributed by atoms with Crippen LogP contribution in [0.2, 0.25) is 0 Å². The lowest BCUT2D eigenvalue weighted by Gasteiger charge is -2.24. The molecule has 0 aliphatic carbocycles. The molecule has 4 nitrogen and oxygen atoms in total. The molecule has 0 aromatic rings. The normalized spacial score (nSPS) is 12.7. The van der Waals surface area contributed by atoms with Crippen LogP contribution in [0.3, 0.4) is 0 Å². The first-order chi connectivity index (χ1) is 6.75. The second kappa shape index (κ2) is 4.68. The predicted octanol–water partition coefficient (Wildman–Crippen LogP) is 1.68. The number of nitrogens with two attached hydrogens (primary N) is 1. The van der Waals surface area contributed by atoms with Gasteiger partial charge in [0.2, 0.25) is 0 Å². The molecule has 3 N–H and O–H groups in total. The van der Waals surface area contributed by atoms with Crippen LogP contribution in [0, 0.1) is 10.8 Å². The van der Waals surface area contributed by atoms with Crippen molar-refractivity contribution in [1.82, 2.24) is 0 Å². The third-order valence-corrected chi connectivity index (χ3v) is 1.84. The summed E-state index contributed by atoms with van der Waals surface area (Å²) in [5.74, 6) is 0. The Morgan fingerprint density at radius 1 is 1.47 bits per heavy atom. The predicted molar refractivity (Wildman–Crippen MR) is 63.1 cm³/mol. The molecule has 82 valence electrons. The highest BCUT2D eigenvalue weighted by Gasteiger charge is 2.25. The van der Waals surface area contributed by atoms with E-state index in [4.69, 9.17) is 11.1 Å². The first-order valence-electron chi connectivity index (χ1n) is 4.46. The number of hydrogen-bond donors (Lipinski definition) is 2. The maximum atomic E-state index is 10.6. The molecule has 0 rings (SSSR count). The summed E-state index contributed by atoms with van der Waals surface area (Å²) < 4.78 is 0. The van der Waals surface area contributed by atoms with Gasteiger partial charge in [-0.1, -0.05) is 27.4 Å². The average molecular weight is 207 g/mol. The van der Waals surface area contributed by atoms with Crippen LogP contribution in [-0.2, 0) is 4.79 Å². The third-order valence-electron chi connectivity index (χ3n) is 1.84. The molecule has 0 heterocycles. The van der Waals surface area contributed by atoms with Crippen molar-refractivity contribution in [3.63, 3.8) is 0 Å². The van der Waals surface area contributed by atoms with E-state index in [2.05, 4.69) is 18.3 Å². The number of carbonyl (C=O) groups excluding carboxylic acids is 1. The first-order valence-corrected chi connectivity index (χ1v) is 4.46. The topological polar surface area (TPSA) is 79.3 Å². The fourth-order valence-corrected chi connectivity index (χ4v) is 1.29. The van der Waals surface area contributed by atoms with Gasteiger partial charge in [0.05, 0.1) is 17.1 Å². The maximum absolute atomic E-state index is 10.6. The van der Waals surface area contributed by atoms with E-state index < -0.39 is 5.41 Å². The molecule has 15 heavy (non-hydrogen) atoms. The number of allylic oxidation sites excluding steroid dienone is 1. The van der Waals surface area contributed by atoms with Gasteiger partial charge in [-0.2, -0.15) is 0 Å². The third kappa shape index (κ3) is 3.16. The lowest BCUT2D eigenvalue weighted by molar-refractivity contribution is -0.102. The molecule has 0 amide bonds. The fourth-order valence-electron chi connectivity index (χ4n) is 1.29. The molecule has 0 bridgehead atoms. The van der Waals surface area contributed by atoms with Crippen LogP contribution < -0.4 is 5.73 Å². The lowest BCUT2D eigenvalue weighted by atomic mass is 9.82. The number of carbonyl (C=O) groups is 1. The van der Waals surface area contributed by atoms with Gasteiger partial charge in [-0.05, 0) is 12.1 Å². The van der Waals surface area contributed by atoms with Crippen LogP contribution in [0.15, 0.2) is 28.5 Å². The molecule has 0 spiro atoms. The van der Waals surface area contributed by atoms with E-state index in [1.165, 1.54) is 0 Å². The molecular weight excluding hydrogens is 190 g/mol. The van der Waals surface area contributed by atoms with Gasteiger partial charge in [0, 0.05) is 5.57 Å². The van der Waals surface area contributed by atoms with Gasteiger partial charge in [0.1, 0.15) is 0 Å². The van der Waals surface area contributed by atoms with E-state index >= 15 is 0 Å². The summed E-state index contributed by atoms with van der Waals surface area (Å²) >= 11 is 0. The summed E-state index contributed by atoms with van der Waals surface area (Å²) in [7, 11) is 0. The van der Waals surface area contributed by atoms with E-state index in [1.807, 2.05) is 20.8 Å². The standard InChI is InChI=1S/C11H17N3O/c1-7(12)10(14-5)9(8(13)6-15)11(2,3)4/h6,13H,1,5,12H2,2-4H3/b10-9-,13-8?. The summed E-state index contributed by atoms with van der Waals surface area (Å²) in [4.78, 5) is 14.4. The Morgan fingerprint density at radius 2 is 1.93 bits per heavy atom. The van der Waals surface area contributed by atoms with Crippen LogP contribution >= 0.6 is 0 Å². The van der Waals surface area contributed by atoms with Crippen LogP contribution in [0.4, 0.5) is 0 Å². The zero-order valence-electron chi connectivity index (χ0n) is 9.42.